The minimum absolute atomic E-state index is 0.135. The van der Waals surface area contributed by atoms with E-state index >= 15 is 0 Å². The fourth-order valence-electron chi connectivity index (χ4n) is 3.96. The van der Waals surface area contributed by atoms with Crippen molar-refractivity contribution in [2.75, 3.05) is 13.7 Å². The number of nitriles is 1. The van der Waals surface area contributed by atoms with Gasteiger partial charge in [-0.15, -0.1) is 0 Å². The van der Waals surface area contributed by atoms with E-state index in [0.29, 0.717) is 34.0 Å². The highest BCUT2D eigenvalue weighted by Crippen LogP contribution is 2.43. The molecule has 3 aromatic rings. The van der Waals surface area contributed by atoms with Gasteiger partial charge in [0, 0.05) is 11.1 Å². The Labute approximate surface area is 171 Å². The normalized spacial score (nSPS) is 18.2. The number of aromatic amines is 1. The number of carbonyl (C=O) groups excluding carboxylic acids is 1. The number of methoxy groups -OCH3 is 1. The number of aromatic nitrogens is 3. The van der Waals surface area contributed by atoms with Gasteiger partial charge in [0.25, 0.3) is 0 Å². The molecule has 2 aliphatic rings. The van der Waals surface area contributed by atoms with Crippen molar-refractivity contribution in [1.29, 1.82) is 5.26 Å². The van der Waals surface area contributed by atoms with Crippen molar-refractivity contribution in [2.24, 2.45) is 0 Å². The van der Waals surface area contributed by atoms with Crippen molar-refractivity contribution < 1.29 is 14.3 Å². The fourth-order valence-corrected chi connectivity index (χ4v) is 3.96. The topological polar surface area (TPSA) is 113 Å². The van der Waals surface area contributed by atoms with Crippen molar-refractivity contribution >= 4 is 22.6 Å². The molecule has 0 radical (unpaired) electrons. The van der Waals surface area contributed by atoms with Crippen molar-refractivity contribution in [1.82, 2.24) is 20.5 Å². The van der Waals surface area contributed by atoms with Crippen molar-refractivity contribution in [3.8, 4) is 11.8 Å². The average molecular weight is 399 g/mol. The Hall–Kier alpha value is -4.12. The maximum absolute atomic E-state index is 12.6. The van der Waals surface area contributed by atoms with Gasteiger partial charge in [0.05, 0.1) is 59.0 Å². The Kier molecular flexibility index (Phi) is 4.03. The highest BCUT2D eigenvalue weighted by molar-refractivity contribution is 5.98. The smallest absolute Gasteiger partial charge is 0.337 e. The molecule has 5 rings (SSSR count). The largest absolute Gasteiger partial charge is 0.495 e. The van der Waals surface area contributed by atoms with E-state index in [2.05, 4.69) is 26.6 Å². The van der Waals surface area contributed by atoms with Gasteiger partial charge in [-0.05, 0) is 36.8 Å². The summed E-state index contributed by atoms with van der Waals surface area (Å²) in [5.41, 5.74) is 5.24. The van der Waals surface area contributed by atoms with Crippen LogP contribution in [-0.2, 0) is 9.53 Å². The number of nitrogens with zero attached hydrogens (tertiary/aromatic N) is 3. The van der Waals surface area contributed by atoms with Crippen LogP contribution in [0.2, 0.25) is 0 Å². The van der Waals surface area contributed by atoms with E-state index in [9.17, 15) is 10.1 Å². The van der Waals surface area contributed by atoms with E-state index in [1.165, 1.54) is 0 Å². The summed E-state index contributed by atoms with van der Waals surface area (Å²) in [6.45, 7) is 2.07. The van der Waals surface area contributed by atoms with Crippen molar-refractivity contribution in [3.05, 3.63) is 70.3 Å². The van der Waals surface area contributed by atoms with Crippen LogP contribution in [0, 0.1) is 18.3 Å². The number of aryl methyl sites for hydroxylation is 1. The number of esters is 1. The van der Waals surface area contributed by atoms with Crippen molar-refractivity contribution in [2.45, 2.75) is 12.8 Å². The molecule has 1 unspecified atom stereocenters. The number of allylic oxidation sites excluding steroid dienone is 1. The maximum atomic E-state index is 12.6. The molecule has 148 valence electrons. The summed E-state index contributed by atoms with van der Waals surface area (Å²) < 4.78 is 10.5. The number of dihydropyridines is 1. The lowest BCUT2D eigenvalue weighted by atomic mass is 9.80. The predicted molar refractivity (Wildman–Crippen MR) is 108 cm³/mol. The zero-order valence-electron chi connectivity index (χ0n) is 16.3. The second kappa shape index (κ2) is 6.74. The van der Waals surface area contributed by atoms with Gasteiger partial charge in [-0.3, -0.25) is 10.1 Å². The van der Waals surface area contributed by atoms with Gasteiger partial charge in [-0.1, -0.05) is 6.07 Å². The van der Waals surface area contributed by atoms with Gasteiger partial charge >= 0.3 is 5.97 Å². The van der Waals surface area contributed by atoms with Crippen LogP contribution in [0.5, 0.6) is 5.75 Å². The highest BCUT2D eigenvalue weighted by Gasteiger charge is 2.40. The molecule has 0 saturated heterocycles. The quantitative estimate of drug-likeness (QED) is 0.651. The molecule has 0 aliphatic carbocycles. The van der Waals surface area contributed by atoms with Gasteiger partial charge in [0.15, 0.2) is 0 Å². The summed E-state index contributed by atoms with van der Waals surface area (Å²) >= 11 is 0. The molecule has 2 aromatic heterocycles. The summed E-state index contributed by atoms with van der Waals surface area (Å²) in [6, 6.07) is 11.6. The Morgan fingerprint density at radius 3 is 2.90 bits per heavy atom. The molecule has 2 N–H and O–H groups in total. The predicted octanol–water partition coefficient (Wildman–Crippen LogP) is 2.71. The number of fused-ring (bicyclic) bond motifs is 1. The first-order chi connectivity index (χ1) is 14.6. The van der Waals surface area contributed by atoms with Crippen LogP contribution >= 0.6 is 0 Å². The molecule has 0 bridgehead atoms. The van der Waals surface area contributed by atoms with Crippen LogP contribution in [0.3, 0.4) is 0 Å². The molecular formula is C22H17N5O3. The number of pyridine rings is 1. The maximum Gasteiger partial charge on any atom is 0.337 e. The van der Waals surface area contributed by atoms with Crippen LogP contribution < -0.4 is 10.1 Å². The Morgan fingerprint density at radius 1 is 1.30 bits per heavy atom. The van der Waals surface area contributed by atoms with Gasteiger partial charge in [-0.2, -0.15) is 10.4 Å². The second-order valence-corrected chi connectivity index (χ2v) is 7.14. The number of nitrogens with one attached hydrogen (secondary N) is 2. The van der Waals surface area contributed by atoms with Crippen LogP contribution in [0.15, 0.2) is 53.4 Å². The first-order valence-corrected chi connectivity index (χ1v) is 9.37. The standard InChI is InChI=1S/C22H17N5O3/c1-11-14-7-12(3-5-16(14)27-26-11)19-15(8-23)21(17-6-4-13(29-2)9-24-17)25-18-10-30-22(28)20(18)19/h3-7,9,19,25H,10H2,1-2H3,(H,26,27). The van der Waals surface area contributed by atoms with E-state index in [-0.39, 0.29) is 6.61 Å². The number of hydrogen-bond donors (Lipinski definition) is 2. The summed E-state index contributed by atoms with van der Waals surface area (Å²) in [5.74, 6) is -0.356. The molecule has 1 aromatic carbocycles. The lowest BCUT2D eigenvalue weighted by molar-refractivity contribution is -0.136. The minimum atomic E-state index is -0.557. The summed E-state index contributed by atoms with van der Waals surface area (Å²) in [4.78, 5) is 17.0. The van der Waals surface area contributed by atoms with E-state index in [4.69, 9.17) is 9.47 Å². The monoisotopic (exact) mass is 399 g/mol. The van der Waals surface area contributed by atoms with Crippen LogP contribution in [-0.4, -0.2) is 34.9 Å². The van der Waals surface area contributed by atoms with E-state index in [1.807, 2.05) is 25.1 Å². The highest BCUT2D eigenvalue weighted by atomic mass is 16.5. The summed E-state index contributed by atoms with van der Waals surface area (Å²) in [5, 5.41) is 21.5. The molecule has 0 saturated carbocycles. The third-order valence-electron chi connectivity index (χ3n) is 5.47. The first kappa shape index (κ1) is 17.9. The molecule has 0 spiro atoms. The number of carbonyl (C=O) groups is 1. The molecule has 8 nitrogen and oxygen atoms in total. The van der Waals surface area contributed by atoms with Crippen molar-refractivity contribution in [3.63, 3.8) is 0 Å². The molecule has 0 fully saturated rings. The molecule has 30 heavy (non-hydrogen) atoms. The van der Waals surface area contributed by atoms with Gasteiger partial charge in [-0.25, -0.2) is 4.79 Å². The van der Waals surface area contributed by atoms with Crippen LogP contribution in [0.1, 0.15) is 22.9 Å². The van der Waals surface area contributed by atoms with Gasteiger partial charge in [0.1, 0.15) is 12.4 Å². The van der Waals surface area contributed by atoms with Gasteiger partial charge in [0.2, 0.25) is 0 Å². The number of cyclic esters (lactones) is 1. The number of hydrogen-bond acceptors (Lipinski definition) is 7. The number of benzene rings is 1. The molecule has 0 amide bonds. The number of H-pyrrole nitrogens is 1. The van der Waals surface area contributed by atoms with E-state index in [1.54, 1.807) is 25.4 Å². The molecule has 2 aliphatic heterocycles. The molecule has 4 heterocycles. The zero-order valence-corrected chi connectivity index (χ0v) is 16.3. The Bertz CT molecular complexity index is 1290. The van der Waals surface area contributed by atoms with E-state index in [0.717, 1.165) is 22.2 Å². The SMILES string of the molecule is COc1ccc(C2=C(C#N)C(c3ccc4n[nH]c(C)c4c3)C3=C(COC3=O)N2)nc1. The fraction of sp³-hybridized carbons (Fsp3) is 0.182. The lowest BCUT2D eigenvalue weighted by Gasteiger charge is -2.26. The van der Waals surface area contributed by atoms with Crippen LogP contribution in [0.25, 0.3) is 16.6 Å². The molecule has 8 heteroatoms. The summed E-state index contributed by atoms with van der Waals surface area (Å²) in [6.07, 6.45) is 1.59. The zero-order chi connectivity index (χ0) is 20.8. The minimum Gasteiger partial charge on any atom is -0.495 e. The van der Waals surface area contributed by atoms with Crippen LogP contribution in [0.4, 0.5) is 0 Å². The number of rotatable bonds is 3. The average Bonchev–Trinajstić information content (AvgIpc) is 3.34. The third kappa shape index (κ3) is 2.63. The second-order valence-electron chi connectivity index (χ2n) is 7.14. The summed E-state index contributed by atoms with van der Waals surface area (Å²) in [7, 11) is 1.57. The molecule has 1 atom stereocenters. The third-order valence-corrected chi connectivity index (χ3v) is 5.47. The lowest BCUT2D eigenvalue weighted by Crippen LogP contribution is -2.26. The Balaban J connectivity index is 1.71. The van der Waals surface area contributed by atoms with E-state index < -0.39 is 11.9 Å². The van der Waals surface area contributed by atoms with Gasteiger partial charge < -0.3 is 14.8 Å². The molecular weight excluding hydrogens is 382 g/mol. The first-order valence-electron chi connectivity index (χ1n) is 9.37. The number of ether oxygens (including phenoxy) is 2. The Morgan fingerprint density at radius 2 is 2.17 bits per heavy atom.